The van der Waals surface area contributed by atoms with E-state index in [4.69, 9.17) is 0 Å². The Labute approximate surface area is 116 Å². The lowest BCUT2D eigenvalue weighted by atomic mass is 10.3. The summed E-state index contributed by atoms with van der Waals surface area (Å²) in [7, 11) is -6.88. The average molecular weight is 325 g/mol. The van der Waals surface area contributed by atoms with Crippen LogP contribution in [0, 0.1) is 0 Å². The summed E-state index contributed by atoms with van der Waals surface area (Å²) in [6, 6.07) is 4.62. The Kier molecular flexibility index (Phi) is 4.28. The predicted molar refractivity (Wildman–Crippen MR) is 69.8 cm³/mol. The largest absolute Gasteiger partial charge is 0.435 e. The van der Waals surface area contributed by atoms with Crippen LogP contribution < -0.4 is 4.74 Å². The quantitative estimate of drug-likeness (QED) is 0.851. The summed E-state index contributed by atoms with van der Waals surface area (Å²) in [4.78, 5) is -0.301. The highest BCUT2D eigenvalue weighted by molar-refractivity contribution is 8.03. The van der Waals surface area contributed by atoms with Gasteiger partial charge < -0.3 is 4.74 Å². The molecule has 9 heteroatoms. The van der Waals surface area contributed by atoms with Gasteiger partial charge in [-0.05, 0) is 25.0 Å². The Balaban J connectivity index is 2.37. The van der Waals surface area contributed by atoms with Crippen molar-refractivity contribution in [3.05, 3.63) is 24.3 Å². The fourth-order valence-corrected chi connectivity index (χ4v) is 6.27. The molecule has 1 aliphatic rings. The summed E-state index contributed by atoms with van der Waals surface area (Å²) < 4.78 is 68.0. The minimum atomic E-state index is -4.14. The van der Waals surface area contributed by atoms with Gasteiger partial charge in [0.25, 0.3) is 10.0 Å². The van der Waals surface area contributed by atoms with E-state index in [0.29, 0.717) is 12.8 Å². The summed E-state index contributed by atoms with van der Waals surface area (Å²) in [5.41, 5.74) is 0. The van der Waals surface area contributed by atoms with Crippen LogP contribution in [0.25, 0.3) is 0 Å². The molecule has 0 aliphatic carbocycles. The van der Waals surface area contributed by atoms with Crippen molar-refractivity contribution in [1.82, 2.24) is 0 Å². The fourth-order valence-electron chi connectivity index (χ4n) is 1.86. The zero-order valence-corrected chi connectivity index (χ0v) is 12.0. The van der Waals surface area contributed by atoms with Gasteiger partial charge >= 0.3 is 6.61 Å². The highest BCUT2D eigenvalue weighted by Gasteiger charge is 2.23. The molecule has 2 rings (SSSR count). The molecule has 1 fully saturated rings. The first-order chi connectivity index (χ1) is 9.31. The van der Waals surface area contributed by atoms with E-state index < -0.39 is 26.4 Å². The van der Waals surface area contributed by atoms with E-state index in [2.05, 4.69) is 8.50 Å². The second-order valence-electron chi connectivity index (χ2n) is 4.29. The summed E-state index contributed by atoms with van der Waals surface area (Å²) >= 11 is 0. The summed E-state index contributed by atoms with van der Waals surface area (Å²) in [5, 5.41) is 0. The van der Waals surface area contributed by atoms with Crippen molar-refractivity contribution in [2.24, 2.45) is 3.77 Å². The van der Waals surface area contributed by atoms with E-state index in [1.54, 1.807) is 0 Å². The van der Waals surface area contributed by atoms with Crippen molar-refractivity contribution in [3.8, 4) is 5.75 Å². The van der Waals surface area contributed by atoms with Crippen molar-refractivity contribution in [2.75, 3.05) is 11.5 Å². The molecule has 1 saturated heterocycles. The van der Waals surface area contributed by atoms with Gasteiger partial charge in [-0.15, -0.1) is 3.77 Å². The molecule has 0 saturated carbocycles. The Bertz CT molecular complexity index is 697. The molecule has 0 unspecified atom stereocenters. The number of halogens is 2. The average Bonchev–Trinajstić information content (AvgIpc) is 2.74. The molecule has 0 spiro atoms. The van der Waals surface area contributed by atoms with E-state index in [1.807, 2.05) is 0 Å². The van der Waals surface area contributed by atoms with Crippen LogP contribution >= 0.6 is 0 Å². The Morgan fingerprint density at radius 2 is 1.90 bits per heavy atom. The molecule has 1 aromatic rings. The van der Waals surface area contributed by atoms with Crippen molar-refractivity contribution >= 4 is 19.8 Å². The third-order valence-corrected chi connectivity index (χ3v) is 7.31. The molecule has 0 radical (unpaired) electrons. The molecule has 1 aromatic carbocycles. The summed E-state index contributed by atoms with van der Waals surface area (Å²) in [6.07, 6.45) is 1.35. The van der Waals surface area contributed by atoms with Gasteiger partial charge in [0, 0.05) is 17.6 Å². The van der Waals surface area contributed by atoms with Gasteiger partial charge in [-0.1, -0.05) is 6.07 Å². The topological polar surface area (TPSA) is 72.8 Å². The number of rotatable bonds is 4. The van der Waals surface area contributed by atoms with Crippen molar-refractivity contribution in [2.45, 2.75) is 24.3 Å². The lowest BCUT2D eigenvalue weighted by Crippen LogP contribution is -2.07. The van der Waals surface area contributed by atoms with Crippen LogP contribution in [0.5, 0.6) is 5.75 Å². The second kappa shape index (κ2) is 5.65. The molecule has 0 aromatic heterocycles. The van der Waals surface area contributed by atoms with Gasteiger partial charge in [0.15, 0.2) is 0 Å². The van der Waals surface area contributed by atoms with Gasteiger partial charge in [0.2, 0.25) is 0 Å². The molecule has 20 heavy (non-hydrogen) atoms. The zero-order chi connectivity index (χ0) is 14.8. The first-order valence-corrected chi connectivity index (χ1v) is 9.14. The van der Waals surface area contributed by atoms with Crippen molar-refractivity contribution in [1.29, 1.82) is 0 Å². The predicted octanol–water partition coefficient (Wildman–Crippen LogP) is 2.24. The van der Waals surface area contributed by atoms with E-state index in [0.717, 1.165) is 6.07 Å². The van der Waals surface area contributed by atoms with E-state index in [9.17, 15) is 21.4 Å². The Hall–Kier alpha value is -1.22. The maximum absolute atomic E-state index is 12.1. The third kappa shape index (κ3) is 3.66. The SMILES string of the molecule is O=S(=O)(N=S1(=O)CCCC1)c1cccc(OC(F)F)c1. The van der Waals surface area contributed by atoms with E-state index >= 15 is 0 Å². The number of nitrogens with zero attached hydrogens (tertiary/aromatic N) is 1. The van der Waals surface area contributed by atoms with E-state index in [-0.39, 0.29) is 22.2 Å². The number of hydrogen-bond acceptors (Lipinski definition) is 4. The van der Waals surface area contributed by atoms with Crippen LogP contribution in [0.15, 0.2) is 32.9 Å². The molecule has 112 valence electrons. The molecule has 0 atom stereocenters. The number of ether oxygens (including phenoxy) is 1. The first-order valence-electron chi connectivity index (χ1n) is 5.84. The standard InChI is InChI=1S/C11H13F2NO4S2/c12-11(13)18-9-4-3-5-10(8-9)20(16,17)14-19(15)6-1-2-7-19/h3-5,8,11H,1-2,6-7H2. The molecule has 1 aliphatic heterocycles. The maximum Gasteiger partial charge on any atom is 0.387 e. The molecule has 1 heterocycles. The molecule has 5 nitrogen and oxygen atoms in total. The molecule has 0 bridgehead atoms. The van der Waals surface area contributed by atoms with Crippen LogP contribution in [0.2, 0.25) is 0 Å². The Morgan fingerprint density at radius 1 is 1.25 bits per heavy atom. The smallest absolute Gasteiger partial charge is 0.387 e. The highest BCUT2D eigenvalue weighted by atomic mass is 32.3. The first kappa shape index (κ1) is 15.2. The number of sulfonamides is 1. The lowest BCUT2D eigenvalue weighted by molar-refractivity contribution is -0.0499. The molecule has 0 amide bonds. The van der Waals surface area contributed by atoms with Gasteiger partial charge in [-0.2, -0.15) is 17.2 Å². The minimum Gasteiger partial charge on any atom is -0.435 e. The highest BCUT2D eigenvalue weighted by Crippen LogP contribution is 2.23. The molecule has 0 N–H and O–H groups in total. The fraction of sp³-hybridized carbons (Fsp3) is 0.455. The zero-order valence-electron chi connectivity index (χ0n) is 10.4. The van der Waals surface area contributed by atoms with Gasteiger partial charge in [-0.3, -0.25) is 0 Å². The van der Waals surface area contributed by atoms with Crippen molar-refractivity contribution in [3.63, 3.8) is 0 Å². The van der Waals surface area contributed by atoms with Crippen LogP contribution in [0.3, 0.4) is 0 Å². The van der Waals surface area contributed by atoms with Gasteiger partial charge in [0.1, 0.15) is 5.75 Å². The number of hydrogen-bond donors (Lipinski definition) is 0. The lowest BCUT2D eigenvalue weighted by Gasteiger charge is -2.06. The third-order valence-electron chi connectivity index (χ3n) is 2.74. The van der Waals surface area contributed by atoms with Gasteiger partial charge in [0.05, 0.1) is 14.6 Å². The summed E-state index contributed by atoms with van der Waals surface area (Å²) in [5.74, 6) is 0.219. The van der Waals surface area contributed by atoms with Crippen LogP contribution in [0.4, 0.5) is 8.78 Å². The van der Waals surface area contributed by atoms with Crippen LogP contribution in [0.1, 0.15) is 12.8 Å². The van der Waals surface area contributed by atoms with Crippen LogP contribution in [-0.2, 0) is 19.8 Å². The number of benzene rings is 1. The van der Waals surface area contributed by atoms with Crippen molar-refractivity contribution < 1.29 is 26.1 Å². The second-order valence-corrected chi connectivity index (χ2v) is 8.67. The minimum absolute atomic E-state index is 0.249. The van der Waals surface area contributed by atoms with Gasteiger partial charge in [-0.25, -0.2) is 4.21 Å². The van der Waals surface area contributed by atoms with E-state index in [1.165, 1.54) is 18.2 Å². The molecular weight excluding hydrogens is 312 g/mol. The Morgan fingerprint density at radius 3 is 2.50 bits per heavy atom. The maximum atomic E-state index is 12.1. The monoisotopic (exact) mass is 325 g/mol. The van der Waals surface area contributed by atoms with Crippen LogP contribution in [-0.4, -0.2) is 30.7 Å². The molecular formula is C11H13F2NO4S2. The normalized spacial score (nSPS) is 18.1. The number of alkyl halides is 2. The summed E-state index contributed by atoms with van der Waals surface area (Å²) in [6.45, 7) is -3.05.